The van der Waals surface area contributed by atoms with Crippen molar-refractivity contribution < 1.29 is 14.6 Å². The van der Waals surface area contributed by atoms with Crippen LogP contribution in [0.25, 0.3) is 21.9 Å². The number of para-hydroxylation sites is 2. The molecule has 0 spiro atoms. The monoisotopic (exact) mass is 488 g/mol. The van der Waals surface area contributed by atoms with Gasteiger partial charge in [0, 0.05) is 56.3 Å². The van der Waals surface area contributed by atoms with Crippen LogP contribution in [0.15, 0.2) is 48.8 Å². The van der Waals surface area contributed by atoms with Crippen LogP contribution in [0.2, 0.25) is 0 Å². The second-order valence-electron chi connectivity index (χ2n) is 9.74. The molecule has 1 saturated heterocycles. The molecule has 1 fully saturated rings. The third-order valence-corrected chi connectivity index (χ3v) is 6.91. The summed E-state index contributed by atoms with van der Waals surface area (Å²) >= 11 is 0. The van der Waals surface area contributed by atoms with Gasteiger partial charge in [-0.2, -0.15) is 0 Å². The molecule has 5 rings (SSSR count). The van der Waals surface area contributed by atoms with Gasteiger partial charge in [0.2, 0.25) is 5.91 Å². The van der Waals surface area contributed by atoms with E-state index in [-0.39, 0.29) is 25.7 Å². The van der Waals surface area contributed by atoms with Crippen LogP contribution in [0.3, 0.4) is 0 Å². The van der Waals surface area contributed by atoms with Crippen LogP contribution in [-0.2, 0) is 23.2 Å². The highest BCUT2D eigenvalue weighted by Gasteiger charge is 2.36. The highest BCUT2D eigenvalue weighted by Crippen LogP contribution is 2.31. The summed E-state index contributed by atoms with van der Waals surface area (Å²) in [5, 5.41) is 12.4. The smallest absolute Gasteiger partial charge is 0.248 e. The molecule has 188 valence electrons. The Hall–Kier alpha value is -3.56. The zero-order valence-electron chi connectivity index (χ0n) is 21.0. The van der Waals surface area contributed by atoms with E-state index in [0.717, 1.165) is 52.1 Å². The third kappa shape index (κ3) is 4.89. The fourth-order valence-corrected chi connectivity index (χ4v) is 5.08. The Balaban J connectivity index is 1.21. The molecule has 1 amide bonds. The molecule has 0 saturated carbocycles. The van der Waals surface area contributed by atoms with Gasteiger partial charge in [-0.25, -0.2) is 4.98 Å². The Morgan fingerprint density at radius 3 is 2.89 bits per heavy atom. The van der Waals surface area contributed by atoms with Crippen LogP contribution in [0.4, 0.5) is 5.69 Å². The van der Waals surface area contributed by atoms with Crippen molar-refractivity contribution in [3.05, 3.63) is 60.3 Å². The molecule has 0 radical (unpaired) electrons. The number of aromatic nitrogens is 4. The Kier molecular flexibility index (Phi) is 6.59. The zero-order valence-corrected chi connectivity index (χ0v) is 21.0. The molecular weight excluding hydrogens is 456 g/mol. The molecule has 4 aromatic rings. The average Bonchev–Trinajstić information content (AvgIpc) is 3.18. The Morgan fingerprint density at radius 1 is 1.22 bits per heavy atom. The largest absolute Gasteiger partial charge is 0.386 e. The van der Waals surface area contributed by atoms with Gasteiger partial charge in [0.1, 0.15) is 19.0 Å². The van der Waals surface area contributed by atoms with E-state index in [4.69, 9.17) is 4.74 Å². The summed E-state index contributed by atoms with van der Waals surface area (Å²) in [4.78, 5) is 30.0. The first kappa shape index (κ1) is 24.1. The van der Waals surface area contributed by atoms with E-state index in [9.17, 15) is 9.90 Å². The molecule has 4 heterocycles. The number of nitrogens with zero attached hydrogens (tertiary/aromatic N) is 6. The number of piperidine rings is 1. The van der Waals surface area contributed by atoms with Gasteiger partial charge in [0.15, 0.2) is 0 Å². The maximum Gasteiger partial charge on any atom is 0.248 e. The van der Waals surface area contributed by atoms with Crippen LogP contribution in [0, 0.1) is 6.92 Å². The number of imidazole rings is 1. The lowest BCUT2D eigenvalue weighted by Crippen LogP contribution is -2.55. The van der Waals surface area contributed by atoms with Gasteiger partial charge in [-0.3, -0.25) is 14.8 Å². The molecule has 1 aromatic carbocycles. The van der Waals surface area contributed by atoms with Crippen molar-refractivity contribution in [2.24, 2.45) is 7.05 Å². The molecule has 1 atom stereocenters. The van der Waals surface area contributed by atoms with E-state index < -0.39 is 5.60 Å². The summed E-state index contributed by atoms with van der Waals surface area (Å²) in [7, 11) is 3.66. The summed E-state index contributed by atoms with van der Waals surface area (Å²) in [6.45, 7) is 3.63. The lowest BCUT2D eigenvalue weighted by molar-refractivity contribution is -0.138. The molecule has 0 aliphatic carbocycles. The summed E-state index contributed by atoms with van der Waals surface area (Å²) in [5.41, 5.74) is 3.73. The average molecular weight is 489 g/mol. The maximum atomic E-state index is 12.8. The van der Waals surface area contributed by atoms with Crippen molar-refractivity contribution in [3.63, 3.8) is 0 Å². The fourth-order valence-electron chi connectivity index (χ4n) is 5.08. The quantitative estimate of drug-likeness (QED) is 0.427. The van der Waals surface area contributed by atoms with Gasteiger partial charge in [-0.1, -0.05) is 12.1 Å². The molecule has 1 aliphatic heterocycles. The van der Waals surface area contributed by atoms with Crippen molar-refractivity contribution in [1.82, 2.24) is 24.4 Å². The van der Waals surface area contributed by atoms with Gasteiger partial charge in [0.25, 0.3) is 0 Å². The topological polar surface area (TPSA) is 96.6 Å². The van der Waals surface area contributed by atoms with Crippen molar-refractivity contribution in [2.45, 2.75) is 32.0 Å². The minimum Gasteiger partial charge on any atom is -0.386 e. The van der Waals surface area contributed by atoms with Crippen LogP contribution in [0.5, 0.6) is 0 Å². The van der Waals surface area contributed by atoms with Crippen molar-refractivity contribution in [2.75, 3.05) is 38.2 Å². The van der Waals surface area contributed by atoms with Gasteiger partial charge < -0.3 is 24.2 Å². The molecule has 0 bridgehead atoms. The molecular formula is C27H32N6O3. The predicted molar refractivity (Wildman–Crippen MR) is 139 cm³/mol. The highest BCUT2D eigenvalue weighted by atomic mass is 16.5. The Bertz CT molecular complexity index is 1400. The number of likely N-dealkylation sites (N-methyl/N-ethyl adjacent to an activating group) is 1. The number of ether oxygens (including phenoxy) is 1. The third-order valence-electron chi connectivity index (χ3n) is 6.91. The van der Waals surface area contributed by atoms with E-state index in [1.807, 2.05) is 61.1 Å². The number of amides is 1. The van der Waals surface area contributed by atoms with Crippen molar-refractivity contribution in [3.8, 4) is 0 Å². The van der Waals surface area contributed by atoms with Crippen molar-refractivity contribution >= 4 is 33.5 Å². The number of carbonyl (C=O) groups is 1. The molecule has 9 nitrogen and oxygen atoms in total. The molecule has 1 N–H and O–H groups in total. The maximum absolute atomic E-state index is 12.8. The molecule has 3 aromatic heterocycles. The van der Waals surface area contributed by atoms with Crippen LogP contribution in [0.1, 0.15) is 24.4 Å². The number of hydrogen-bond acceptors (Lipinski definition) is 7. The number of hydrogen-bond donors (Lipinski definition) is 1. The molecule has 9 heteroatoms. The number of fused-ring (bicyclic) bond motifs is 2. The number of pyridine rings is 2. The van der Waals surface area contributed by atoms with Gasteiger partial charge in [-0.05, 0) is 44.0 Å². The Labute approximate surface area is 210 Å². The Morgan fingerprint density at radius 2 is 2.06 bits per heavy atom. The normalized spacial score (nSPS) is 18.2. The number of anilines is 1. The summed E-state index contributed by atoms with van der Waals surface area (Å²) in [5.74, 6) is 0.594. The summed E-state index contributed by atoms with van der Waals surface area (Å²) < 4.78 is 7.68. The number of β-amino-alcohol motifs (C(OH)–C–C–N with tert-alkyl or cyclic N) is 1. The minimum atomic E-state index is -1.02. The SMILES string of the molecule is Cc1cc(N2CCC[C@](O)(CN(C)C(=O)COCc3nc4ccccc4n3C)C2)c2cnccc2n1. The number of aryl methyl sites for hydroxylation is 2. The first-order valence-electron chi connectivity index (χ1n) is 12.2. The zero-order chi connectivity index (χ0) is 25.3. The lowest BCUT2D eigenvalue weighted by Gasteiger charge is -2.42. The van der Waals surface area contributed by atoms with Crippen LogP contribution in [-0.4, -0.2) is 74.3 Å². The van der Waals surface area contributed by atoms with E-state index in [2.05, 4.69) is 19.9 Å². The highest BCUT2D eigenvalue weighted by molar-refractivity contribution is 5.91. The van der Waals surface area contributed by atoms with E-state index in [1.54, 1.807) is 18.1 Å². The first-order chi connectivity index (χ1) is 17.3. The number of carbonyl (C=O) groups excluding carboxylic acids is 1. The fraction of sp³-hybridized carbons (Fsp3) is 0.407. The number of rotatable bonds is 7. The van der Waals surface area contributed by atoms with E-state index in [1.165, 1.54) is 0 Å². The predicted octanol–water partition coefficient (Wildman–Crippen LogP) is 2.83. The standard InChI is InChI=1S/C27H32N6O3/c1-19-13-24(20-14-28-11-9-21(20)29-19)33-12-6-10-27(35,18-33)17-31(2)26(34)16-36-15-25-30-22-7-4-5-8-23(22)32(25)3/h4-5,7-9,11,13-14,35H,6,10,12,15-18H2,1-3H3/t27-/m0/s1. The summed E-state index contributed by atoms with van der Waals surface area (Å²) in [6.07, 6.45) is 5.01. The first-order valence-corrected chi connectivity index (χ1v) is 12.2. The second-order valence-corrected chi connectivity index (χ2v) is 9.74. The van der Waals surface area contributed by atoms with Gasteiger partial charge in [-0.15, -0.1) is 0 Å². The van der Waals surface area contributed by atoms with Gasteiger partial charge >= 0.3 is 0 Å². The van der Waals surface area contributed by atoms with Crippen molar-refractivity contribution in [1.29, 1.82) is 0 Å². The second kappa shape index (κ2) is 9.83. The molecule has 36 heavy (non-hydrogen) atoms. The summed E-state index contributed by atoms with van der Waals surface area (Å²) in [6, 6.07) is 11.8. The van der Waals surface area contributed by atoms with Gasteiger partial charge in [0.05, 0.1) is 28.7 Å². The number of aliphatic hydroxyl groups is 1. The van der Waals surface area contributed by atoms with Crippen LogP contribution >= 0.6 is 0 Å². The molecule has 0 unspecified atom stereocenters. The van der Waals surface area contributed by atoms with E-state index in [0.29, 0.717) is 13.0 Å². The van der Waals surface area contributed by atoms with Crippen LogP contribution < -0.4 is 4.90 Å². The lowest BCUT2D eigenvalue weighted by atomic mass is 9.91. The minimum absolute atomic E-state index is 0.0701. The molecule has 1 aliphatic rings. The number of benzene rings is 1. The van der Waals surface area contributed by atoms with E-state index >= 15 is 0 Å².